The zero-order valence-electron chi connectivity index (χ0n) is 4.97. The van der Waals surface area contributed by atoms with Crippen LogP contribution in [0.15, 0.2) is 22.8 Å². The third kappa shape index (κ3) is 1.05. The molecular weight excluding hydrogens is 182 g/mol. The minimum Gasteiger partial charge on any atom is -0.311 e. The van der Waals surface area contributed by atoms with E-state index in [1.165, 1.54) is 6.08 Å². The second-order valence-electron chi connectivity index (χ2n) is 1.76. The first kappa shape index (κ1) is 6.55. The van der Waals surface area contributed by atoms with Crippen LogP contribution in [0.2, 0.25) is 0 Å². The highest BCUT2D eigenvalue weighted by molar-refractivity contribution is 9.11. The van der Waals surface area contributed by atoms with Crippen LogP contribution in [0.5, 0.6) is 0 Å². The van der Waals surface area contributed by atoms with Gasteiger partial charge in [-0.3, -0.25) is 4.79 Å². The summed E-state index contributed by atoms with van der Waals surface area (Å²) in [5.74, 6) is 0.0284. The first-order valence-corrected chi connectivity index (χ1v) is 3.43. The van der Waals surface area contributed by atoms with Crippen LogP contribution in [-0.2, 0) is 4.79 Å². The molecule has 0 aliphatic carbocycles. The fraction of sp³-hybridized carbons (Fsp3) is 0.167. The van der Waals surface area contributed by atoms with Crippen molar-refractivity contribution >= 4 is 21.8 Å². The van der Waals surface area contributed by atoms with Crippen molar-refractivity contribution in [3.8, 4) is 0 Å². The van der Waals surface area contributed by atoms with Crippen LogP contribution in [0, 0.1) is 0 Å². The van der Waals surface area contributed by atoms with E-state index in [9.17, 15) is 4.79 Å². The Labute approximate surface area is 62.0 Å². The maximum absolute atomic E-state index is 10.7. The van der Waals surface area contributed by atoms with E-state index in [-0.39, 0.29) is 5.91 Å². The number of allylic oxidation sites excluding steroid dienone is 1. The highest BCUT2D eigenvalue weighted by Gasteiger charge is 2.13. The zero-order chi connectivity index (χ0) is 6.85. The number of halogens is 1. The van der Waals surface area contributed by atoms with E-state index >= 15 is 0 Å². The average Bonchev–Trinajstić information content (AvgIpc) is 2.15. The first-order valence-electron chi connectivity index (χ1n) is 2.52. The Morgan fingerprint density at radius 3 is 2.56 bits per heavy atom. The van der Waals surface area contributed by atoms with Gasteiger partial charge in [0.2, 0.25) is 0 Å². The Balaban J connectivity index is 2.86. The molecule has 1 heterocycles. The number of carbonyl (C=O) groups is 1. The maximum atomic E-state index is 10.7. The van der Waals surface area contributed by atoms with Gasteiger partial charge >= 0.3 is 0 Å². The monoisotopic (exact) mass is 187 g/mol. The molecule has 2 nitrogen and oxygen atoms in total. The van der Waals surface area contributed by atoms with Crippen molar-refractivity contribution in [2.24, 2.45) is 0 Å². The normalized spacial score (nSPS) is 22.2. The Morgan fingerprint density at radius 1 is 1.67 bits per heavy atom. The molecule has 0 fully saturated rings. The highest BCUT2D eigenvalue weighted by Crippen LogP contribution is 2.12. The van der Waals surface area contributed by atoms with Crippen LogP contribution >= 0.6 is 15.9 Å². The van der Waals surface area contributed by atoms with Crippen molar-refractivity contribution in [1.82, 2.24) is 4.90 Å². The number of carbonyl (C=O) groups excluding carboxylic acids is 1. The van der Waals surface area contributed by atoms with Gasteiger partial charge in [-0.2, -0.15) is 0 Å². The summed E-state index contributed by atoms with van der Waals surface area (Å²) >= 11 is 3.14. The maximum Gasteiger partial charge on any atom is 0.250 e. The zero-order valence-corrected chi connectivity index (χ0v) is 6.55. The standard InChI is InChI=1S/C6H6BrNO/c1-8-5(4-7)2-3-6(8)9/h2-4H,1H3/b5-4+. The van der Waals surface area contributed by atoms with E-state index in [1.807, 2.05) is 0 Å². The molecule has 0 aromatic heterocycles. The van der Waals surface area contributed by atoms with Crippen molar-refractivity contribution < 1.29 is 4.79 Å². The van der Waals surface area contributed by atoms with Gasteiger partial charge in [-0.25, -0.2) is 0 Å². The van der Waals surface area contributed by atoms with Crippen molar-refractivity contribution in [2.45, 2.75) is 0 Å². The van der Waals surface area contributed by atoms with Crippen LogP contribution < -0.4 is 0 Å². The molecule has 0 radical (unpaired) electrons. The van der Waals surface area contributed by atoms with E-state index in [0.29, 0.717) is 0 Å². The van der Waals surface area contributed by atoms with Crippen LogP contribution in [0.1, 0.15) is 0 Å². The number of amides is 1. The van der Waals surface area contributed by atoms with Crippen LogP contribution in [-0.4, -0.2) is 17.9 Å². The third-order valence-electron chi connectivity index (χ3n) is 1.23. The molecule has 1 rings (SSSR count). The minimum absolute atomic E-state index is 0.0284. The second kappa shape index (κ2) is 2.35. The molecule has 1 aliphatic heterocycles. The summed E-state index contributed by atoms with van der Waals surface area (Å²) in [5, 5.41) is 0. The molecule has 3 heteroatoms. The Hall–Kier alpha value is -0.570. The molecule has 0 aromatic carbocycles. The van der Waals surface area contributed by atoms with E-state index < -0.39 is 0 Å². The number of likely N-dealkylation sites (N-methyl/N-ethyl adjacent to an activating group) is 1. The lowest BCUT2D eigenvalue weighted by Gasteiger charge is -2.07. The lowest BCUT2D eigenvalue weighted by Crippen LogP contribution is -2.17. The second-order valence-corrected chi connectivity index (χ2v) is 2.22. The molecule has 0 N–H and O–H groups in total. The number of rotatable bonds is 0. The number of hydrogen-bond donors (Lipinski definition) is 0. The minimum atomic E-state index is 0.0284. The van der Waals surface area contributed by atoms with Gasteiger partial charge in [0.1, 0.15) is 0 Å². The van der Waals surface area contributed by atoms with Crippen LogP contribution in [0.3, 0.4) is 0 Å². The number of nitrogens with zero attached hydrogens (tertiary/aromatic N) is 1. The van der Waals surface area contributed by atoms with Gasteiger partial charge in [0.15, 0.2) is 0 Å². The molecule has 48 valence electrons. The van der Waals surface area contributed by atoms with Gasteiger partial charge < -0.3 is 4.90 Å². The highest BCUT2D eigenvalue weighted by atomic mass is 79.9. The van der Waals surface area contributed by atoms with Crippen molar-refractivity contribution in [3.05, 3.63) is 22.8 Å². The molecule has 0 atom stereocenters. The molecule has 1 amide bonds. The molecule has 0 unspecified atom stereocenters. The van der Waals surface area contributed by atoms with Gasteiger partial charge in [0.25, 0.3) is 5.91 Å². The van der Waals surface area contributed by atoms with Crippen molar-refractivity contribution in [1.29, 1.82) is 0 Å². The van der Waals surface area contributed by atoms with Crippen molar-refractivity contribution in [2.75, 3.05) is 7.05 Å². The summed E-state index contributed by atoms with van der Waals surface area (Å²) in [7, 11) is 1.73. The Kier molecular flexibility index (Phi) is 1.71. The number of hydrogen-bond acceptors (Lipinski definition) is 1. The molecule has 9 heavy (non-hydrogen) atoms. The van der Waals surface area contributed by atoms with Gasteiger partial charge in [0.05, 0.1) is 5.70 Å². The largest absolute Gasteiger partial charge is 0.311 e. The van der Waals surface area contributed by atoms with Crippen molar-refractivity contribution in [3.63, 3.8) is 0 Å². The smallest absolute Gasteiger partial charge is 0.250 e. The molecule has 0 aromatic rings. The van der Waals surface area contributed by atoms with Crippen LogP contribution in [0.25, 0.3) is 0 Å². The van der Waals surface area contributed by atoms with Crippen LogP contribution in [0.4, 0.5) is 0 Å². The first-order chi connectivity index (χ1) is 4.25. The Bertz CT molecular complexity index is 195. The quantitative estimate of drug-likeness (QED) is 0.560. The molecule has 0 bridgehead atoms. The summed E-state index contributed by atoms with van der Waals surface area (Å²) < 4.78 is 0. The topological polar surface area (TPSA) is 20.3 Å². The summed E-state index contributed by atoms with van der Waals surface area (Å²) in [4.78, 5) is 14.0. The van der Waals surface area contributed by atoms with Gasteiger partial charge in [-0.1, -0.05) is 15.9 Å². The third-order valence-corrected chi connectivity index (χ3v) is 1.70. The molecular formula is C6H6BrNO. The summed E-state index contributed by atoms with van der Waals surface area (Å²) in [5.41, 5.74) is 0.889. The van der Waals surface area contributed by atoms with E-state index in [4.69, 9.17) is 0 Å². The van der Waals surface area contributed by atoms with Gasteiger partial charge in [-0.05, 0) is 6.08 Å². The Morgan fingerprint density at radius 2 is 2.33 bits per heavy atom. The molecule has 0 saturated heterocycles. The average molecular weight is 188 g/mol. The predicted molar refractivity (Wildman–Crippen MR) is 38.9 cm³/mol. The van der Waals surface area contributed by atoms with Gasteiger partial charge in [0, 0.05) is 18.1 Å². The SMILES string of the molecule is CN1C(=O)C=C/C1=C\Br. The lowest BCUT2D eigenvalue weighted by atomic mass is 10.5. The van der Waals surface area contributed by atoms with E-state index in [2.05, 4.69) is 15.9 Å². The molecule has 0 saturated carbocycles. The predicted octanol–water partition coefficient (Wildman–Crippen LogP) is 1.25. The van der Waals surface area contributed by atoms with E-state index in [0.717, 1.165) is 5.70 Å². The molecule has 1 aliphatic rings. The lowest BCUT2D eigenvalue weighted by molar-refractivity contribution is -0.122. The summed E-state index contributed by atoms with van der Waals surface area (Å²) in [6.45, 7) is 0. The fourth-order valence-corrected chi connectivity index (χ4v) is 1.08. The van der Waals surface area contributed by atoms with E-state index in [1.54, 1.807) is 23.0 Å². The summed E-state index contributed by atoms with van der Waals surface area (Å²) in [6, 6.07) is 0. The van der Waals surface area contributed by atoms with Gasteiger partial charge in [-0.15, -0.1) is 0 Å². The summed E-state index contributed by atoms with van der Waals surface area (Å²) in [6.07, 6.45) is 3.30. The molecule has 0 spiro atoms. The fourth-order valence-electron chi connectivity index (χ4n) is 0.617.